The number of carbonyl (C=O) groups excluding carboxylic acids is 1. The lowest BCUT2D eigenvalue weighted by Gasteiger charge is -2.17. The average Bonchev–Trinajstić information content (AvgIpc) is 2.53. The van der Waals surface area contributed by atoms with Gasteiger partial charge in [0.15, 0.2) is 0 Å². The van der Waals surface area contributed by atoms with Crippen LogP contribution in [0.4, 0.5) is 0 Å². The zero-order valence-electron chi connectivity index (χ0n) is 11.5. The molecule has 1 rings (SSSR count). The molecule has 0 aromatic heterocycles. The SMILES string of the molecule is CCNCCCNC(=O)C1C(C)OC(C)C1C. The molecular formula is C13H26N2O2. The Hall–Kier alpha value is -0.610. The molecule has 0 bridgehead atoms. The number of hydrogen-bond donors (Lipinski definition) is 2. The van der Waals surface area contributed by atoms with Crippen LogP contribution < -0.4 is 10.6 Å². The Morgan fingerprint density at radius 3 is 2.41 bits per heavy atom. The van der Waals surface area contributed by atoms with Crippen molar-refractivity contribution < 1.29 is 9.53 Å². The van der Waals surface area contributed by atoms with Gasteiger partial charge >= 0.3 is 0 Å². The number of rotatable bonds is 6. The highest BCUT2D eigenvalue weighted by atomic mass is 16.5. The molecule has 1 saturated heterocycles. The fourth-order valence-electron chi connectivity index (χ4n) is 2.44. The van der Waals surface area contributed by atoms with Gasteiger partial charge in [-0.3, -0.25) is 4.79 Å². The fourth-order valence-corrected chi connectivity index (χ4v) is 2.44. The third kappa shape index (κ3) is 3.96. The van der Waals surface area contributed by atoms with E-state index >= 15 is 0 Å². The van der Waals surface area contributed by atoms with E-state index in [1.54, 1.807) is 0 Å². The van der Waals surface area contributed by atoms with E-state index in [4.69, 9.17) is 4.74 Å². The minimum absolute atomic E-state index is 0.00383. The maximum absolute atomic E-state index is 12.0. The zero-order chi connectivity index (χ0) is 12.8. The Labute approximate surface area is 104 Å². The van der Waals surface area contributed by atoms with Crippen molar-refractivity contribution in [3.05, 3.63) is 0 Å². The van der Waals surface area contributed by atoms with Crippen LogP contribution in [0.3, 0.4) is 0 Å². The van der Waals surface area contributed by atoms with Crippen LogP contribution in [0, 0.1) is 11.8 Å². The quantitative estimate of drug-likeness (QED) is 0.687. The topological polar surface area (TPSA) is 50.4 Å². The largest absolute Gasteiger partial charge is 0.374 e. The molecule has 0 saturated carbocycles. The van der Waals surface area contributed by atoms with Crippen LogP contribution in [-0.4, -0.2) is 37.7 Å². The number of ether oxygens (including phenoxy) is 1. The molecule has 4 unspecified atom stereocenters. The second-order valence-electron chi connectivity index (χ2n) is 4.93. The first-order chi connectivity index (χ1) is 8.07. The van der Waals surface area contributed by atoms with E-state index in [0.717, 1.165) is 26.1 Å². The molecule has 4 atom stereocenters. The summed E-state index contributed by atoms with van der Waals surface area (Å²) in [6.07, 6.45) is 1.20. The van der Waals surface area contributed by atoms with Crippen LogP contribution in [0.1, 0.15) is 34.1 Å². The van der Waals surface area contributed by atoms with E-state index in [9.17, 15) is 4.79 Å². The third-order valence-electron chi connectivity index (χ3n) is 3.62. The highest BCUT2D eigenvalue weighted by Crippen LogP contribution is 2.32. The van der Waals surface area contributed by atoms with E-state index in [-0.39, 0.29) is 24.0 Å². The molecule has 1 fully saturated rings. The van der Waals surface area contributed by atoms with Gasteiger partial charge in [0.25, 0.3) is 0 Å². The summed E-state index contributed by atoms with van der Waals surface area (Å²) >= 11 is 0. The lowest BCUT2D eigenvalue weighted by Crippen LogP contribution is -2.38. The zero-order valence-corrected chi connectivity index (χ0v) is 11.5. The number of carbonyl (C=O) groups is 1. The average molecular weight is 242 g/mol. The molecule has 4 nitrogen and oxygen atoms in total. The van der Waals surface area contributed by atoms with Gasteiger partial charge in [-0.15, -0.1) is 0 Å². The third-order valence-corrected chi connectivity index (χ3v) is 3.62. The van der Waals surface area contributed by atoms with Gasteiger partial charge in [-0.1, -0.05) is 13.8 Å². The first-order valence-corrected chi connectivity index (χ1v) is 6.71. The van der Waals surface area contributed by atoms with Crippen LogP contribution in [0.5, 0.6) is 0 Å². The molecule has 0 aliphatic carbocycles. The van der Waals surface area contributed by atoms with E-state index in [0.29, 0.717) is 5.92 Å². The molecule has 1 heterocycles. The van der Waals surface area contributed by atoms with Crippen molar-refractivity contribution in [1.29, 1.82) is 0 Å². The van der Waals surface area contributed by atoms with Crippen molar-refractivity contribution >= 4 is 5.91 Å². The first-order valence-electron chi connectivity index (χ1n) is 6.71. The summed E-state index contributed by atoms with van der Waals surface area (Å²) in [7, 11) is 0. The van der Waals surface area contributed by atoms with Gasteiger partial charge in [0, 0.05) is 6.54 Å². The molecular weight excluding hydrogens is 216 g/mol. The van der Waals surface area contributed by atoms with E-state index in [1.165, 1.54) is 0 Å². The van der Waals surface area contributed by atoms with Gasteiger partial charge in [-0.05, 0) is 39.3 Å². The van der Waals surface area contributed by atoms with Gasteiger partial charge in [0.2, 0.25) is 5.91 Å². The van der Waals surface area contributed by atoms with Gasteiger partial charge in [0.1, 0.15) is 0 Å². The van der Waals surface area contributed by atoms with Crippen molar-refractivity contribution in [3.8, 4) is 0 Å². The van der Waals surface area contributed by atoms with Crippen LogP contribution in [0.15, 0.2) is 0 Å². The maximum atomic E-state index is 12.0. The van der Waals surface area contributed by atoms with Crippen molar-refractivity contribution in [2.45, 2.75) is 46.3 Å². The minimum Gasteiger partial charge on any atom is -0.374 e. The van der Waals surface area contributed by atoms with Crippen molar-refractivity contribution in [3.63, 3.8) is 0 Å². The first kappa shape index (κ1) is 14.5. The Balaban J connectivity index is 2.27. The van der Waals surface area contributed by atoms with E-state index in [1.807, 2.05) is 13.8 Å². The highest BCUT2D eigenvalue weighted by Gasteiger charge is 2.41. The van der Waals surface area contributed by atoms with E-state index in [2.05, 4.69) is 24.5 Å². The maximum Gasteiger partial charge on any atom is 0.226 e. The molecule has 4 heteroatoms. The Morgan fingerprint density at radius 2 is 1.88 bits per heavy atom. The standard InChI is InChI=1S/C13H26N2O2/c1-5-14-7-6-8-15-13(16)12-9(2)10(3)17-11(12)4/h9-12,14H,5-8H2,1-4H3,(H,15,16). The predicted molar refractivity (Wildman–Crippen MR) is 68.8 cm³/mol. The van der Waals surface area contributed by atoms with Gasteiger partial charge in [0.05, 0.1) is 18.1 Å². The lowest BCUT2D eigenvalue weighted by atomic mass is 9.89. The summed E-state index contributed by atoms with van der Waals surface area (Å²) in [6.45, 7) is 10.9. The molecule has 1 amide bonds. The summed E-state index contributed by atoms with van der Waals surface area (Å²) in [5, 5.41) is 6.25. The van der Waals surface area contributed by atoms with Crippen molar-refractivity contribution in [2.75, 3.05) is 19.6 Å². The fraction of sp³-hybridized carbons (Fsp3) is 0.923. The summed E-state index contributed by atoms with van der Waals surface area (Å²) in [4.78, 5) is 12.0. The number of nitrogens with one attached hydrogen (secondary N) is 2. The van der Waals surface area contributed by atoms with Crippen LogP contribution in [-0.2, 0) is 9.53 Å². The molecule has 1 aliphatic rings. The highest BCUT2D eigenvalue weighted by molar-refractivity contribution is 5.79. The number of hydrogen-bond acceptors (Lipinski definition) is 3. The predicted octanol–water partition coefficient (Wildman–Crippen LogP) is 1.16. The van der Waals surface area contributed by atoms with E-state index < -0.39 is 0 Å². The molecule has 0 aromatic carbocycles. The summed E-state index contributed by atoms with van der Waals surface area (Å²) in [5.74, 6) is 0.453. The van der Waals surface area contributed by atoms with Crippen LogP contribution in [0.25, 0.3) is 0 Å². The van der Waals surface area contributed by atoms with Gasteiger partial charge in [-0.25, -0.2) is 0 Å². The summed E-state index contributed by atoms with van der Waals surface area (Å²) in [6, 6.07) is 0. The summed E-state index contributed by atoms with van der Waals surface area (Å²) in [5.41, 5.74) is 0. The van der Waals surface area contributed by atoms with Crippen molar-refractivity contribution in [2.24, 2.45) is 11.8 Å². The normalized spacial score (nSPS) is 32.7. The Kier molecular flexibility index (Phi) is 5.92. The minimum atomic E-state index is 0.00383. The molecule has 2 N–H and O–H groups in total. The number of amides is 1. The van der Waals surface area contributed by atoms with Gasteiger partial charge < -0.3 is 15.4 Å². The smallest absolute Gasteiger partial charge is 0.226 e. The summed E-state index contributed by atoms with van der Waals surface area (Å²) < 4.78 is 5.68. The Morgan fingerprint density at radius 1 is 1.18 bits per heavy atom. The molecule has 100 valence electrons. The van der Waals surface area contributed by atoms with Gasteiger partial charge in [-0.2, -0.15) is 0 Å². The molecule has 0 spiro atoms. The lowest BCUT2D eigenvalue weighted by molar-refractivity contribution is -0.127. The monoisotopic (exact) mass is 242 g/mol. The second kappa shape index (κ2) is 6.97. The Bertz CT molecular complexity index is 246. The molecule has 0 aromatic rings. The second-order valence-corrected chi connectivity index (χ2v) is 4.93. The van der Waals surface area contributed by atoms with Crippen LogP contribution >= 0.6 is 0 Å². The molecule has 1 aliphatic heterocycles. The molecule has 0 radical (unpaired) electrons. The van der Waals surface area contributed by atoms with Crippen molar-refractivity contribution in [1.82, 2.24) is 10.6 Å². The molecule has 17 heavy (non-hydrogen) atoms. The van der Waals surface area contributed by atoms with Crippen LogP contribution in [0.2, 0.25) is 0 Å².